The number of ether oxygens (including phenoxy) is 3. The lowest BCUT2D eigenvalue weighted by Crippen LogP contribution is -2.41. The Morgan fingerprint density at radius 2 is 1.49 bits per heavy atom. The fraction of sp³-hybridized carbons (Fsp3) is 0.235. The number of hydrogen-bond donors (Lipinski definition) is 0. The highest BCUT2D eigenvalue weighted by Gasteiger charge is 2.43. The number of esters is 1. The van der Waals surface area contributed by atoms with Crippen LogP contribution in [0.25, 0.3) is 0 Å². The molecule has 1 amide bonds. The zero-order valence-electron chi connectivity index (χ0n) is 23.3. The maximum absolute atomic E-state index is 15.3. The van der Waals surface area contributed by atoms with E-state index in [0.29, 0.717) is 13.2 Å². The van der Waals surface area contributed by atoms with Gasteiger partial charge in [0.05, 0.1) is 12.3 Å². The second-order valence-corrected chi connectivity index (χ2v) is 10.3. The van der Waals surface area contributed by atoms with Crippen molar-refractivity contribution in [3.63, 3.8) is 0 Å². The number of halogens is 3. The van der Waals surface area contributed by atoms with Crippen LogP contribution in [0, 0.1) is 0 Å². The van der Waals surface area contributed by atoms with Gasteiger partial charge < -0.3 is 14.2 Å². The molecule has 1 atom stereocenters. The predicted molar refractivity (Wildman–Crippen MR) is 155 cm³/mol. The van der Waals surface area contributed by atoms with Crippen molar-refractivity contribution in [2.75, 3.05) is 18.3 Å². The van der Waals surface area contributed by atoms with E-state index in [4.69, 9.17) is 14.2 Å². The van der Waals surface area contributed by atoms with Gasteiger partial charge in [0.25, 0.3) is 0 Å². The number of carbonyl (C=O) groups is 2. The third-order valence-electron chi connectivity index (χ3n) is 7.16. The van der Waals surface area contributed by atoms with Crippen LogP contribution >= 0.6 is 0 Å². The van der Waals surface area contributed by atoms with Crippen LogP contribution in [0.2, 0.25) is 0 Å². The molecule has 5 rings (SSSR count). The molecular weight excluding hydrogens is 559 g/mol. The van der Waals surface area contributed by atoms with Crippen LogP contribution < -0.4 is 9.86 Å². The Bertz CT molecular complexity index is 1530. The molecule has 4 aromatic carbocycles. The molecule has 222 valence electrons. The van der Waals surface area contributed by atoms with E-state index in [1.54, 1.807) is 60.7 Å². The normalized spacial score (nSPS) is 14.7. The van der Waals surface area contributed by atoms with E-state index >= 15 is 13.3 Å². The van der Waals surface area contributed by atoms with Crippen molar-refractivity contribution in [2.24, 2.45) is 0 Å². The number of hydrogen-bond acceptors (Lipinski definition) is 5. The molecule has 1 fully saturated rings. The molecule has 1 aliphatic rings. The number of rotatable bonds is 11. The monoisotopic (exact) mass is 589 g/mol. The van der Waals surface area contributed by atoms with E-state index < -0.39 is 35.0 Å². The number of nitrogens with zero attached hydrogens (tertiary/aromatic N) is 1. The molecule has 43 heavy (non-hydrogen) atoms. The average Bonchev–Trinajstić information content (AvgIpc) is 3.58. The molecule has 0 radical (unpaired) electrons. The first-order valence-electron chi connectivity index (χ1n) is 13.9. The van der Waals surface area contributed by atoms with Gasteiger partial charge in [-0.2, -0.15) is 8.78 Å². The van der Waals surface area contributed by atoms with Gasteiger partial charge in [0.15, 0.2) is 0 Å². The third-order valence-corrected chi connectivity index (χ3v) is 7.16. The Morgan fingerprint density at radius 3 is 2.12 bits per heavy atom. The quantitative estimate of drug-likeness (QED) is 0.137. The summed E-state index contributed by atoms with van der Waals surface area (Å²) in [4.78, 5) is 25.6. The highest BCUT2D eigenvalue weighted by atomic mass is 19.3. The zero-order valence-corrected chi connectivity index (χ0v) is 23.3. The maximum atomic E-state index is 15.3. The zero-order chi connectivity index (χ0) is 30.2. The summed E-state index contributed by atoms with van der Waals surface area (Å²) in [5.74, 6) is -6.74. The third kappa shape index (κ3) is 7.61. The van der Waals surface area contributed by atoms with Crippen LogP contribution in [0.4, 0.5) is 18.9 Å². The minimum Gasteiger partial charge on any atom is -0.488 e. The van der Waals surface area contributed by atoms with Gasteiger partial charge in [0.1, 0.15) is 24.5 Å². The number of alkyl halides is 2. The van der Waals surface area contributed by atoms with E-state index in [0.717, 1.165) is 35.2 Å². The summed E-state index contributed by atoms with van der Waals surface area (Å²) in [5, 5.41) is -0.612. The standard InChI is InChI=1S/C34H30F3NO5/c35-34(36,20-24-11-13-27(14-12-24)28-17-18-41-23-28)33(40)38(37)29-15-16-30(32(39)43-22-26-9-5-2-6-10-26)31(19-29)42-21-25-7-3-1-4-8-25/h1-16,19,28H,17-18,20-23H2. The summed E-state index contributed by atoms with van der Waals surface area (Å²) in [7, 11) is 0. The molecule has 0 aromatic heterocycles. The van der Waals surface area contributed by atoms with Crippen LogP contribution in [0.15, 0.2) is 103 Å². The Hall–Kier alpha value is -4.63. The molecule has 0 N–H and O–H groups in total. The highest BCUT2D eigenvalue weighted by molar-refractivity contribution is 5.98. The highest BCUT2D eigenvalue weighted by Crippen LogP contribution is 2.32. The molecule has 4 aromatic rings. The Labute approximate surface area is 247 Å². The van der Waals surface area contributed by atoms with Crippen molar-refractivity contribution < 1.29 is 37.1 Å². The molecule has 1 aliphatic heterocycles. The molecule has 9 heteroatoms. The largest absolute Gasteiger partial charge is 0.488 e. The molecule has 0 saturated carbocycles. The van der Waals surface area contributed by atoms with Gasteiger partial charge in [-0.15, -0.1) is 5.12 Å². The minimum atomic E-state index is -4.04. The molecule has 1 heterocycles. The lowest BCUT2D eigenvalue weighted by atomic mass is 9.96. The van der Waals surface area contributed by atoms with Crippen LogP contribution in [-0.2, 0) is 33.9 Å². The van der Waals surface area contributed by atoms with Crippen LogP contribution in [0.5, 0.6) is 5.75 Å². The summed E-state index contributed by atoms with van der Waals surface area (Å²) in [6.07, 6.45) is -0.125. The van der Waals surface area contributed by atoms with Crippen molar-refractivity contribution in [2.45, 2.75) is 37.9 Å². The maximum Gasteiger partial charge on any atom is 0.342 e. The molecule has 0 bridgehead atoms. The van der Waals surface area contributed by atoms with Crippen molar-refractivity contribution in [1.82, 2.24) is 0 Å². The summed E-state index contributed by atoms with van der Waals surface area (Å²) in [5.41, 5.74) is 2.11. The van der Waals surface area contributed by atoms with E-state index in [-0.39, 0.29) is 36.0 Å². The summed E-state index contributed by atoms with van der Waals surface area (Å²) >= 11 is 0. The van der Waals surface area contributed by atoms with Crippen molar-refractivity contribution >= 4 is 17.6 Å². The van der Waals surface area contributed by atoms with Crippen LogP contribution in [0.1, 0.15) is 45.0 Å². The Balaban J connectivity index is 1.32. The Morgan fingerprint density at radius 1 is 0.837 bits per heavy atom. The van der Waals surface area contributed by atoms with Crippen LogP contribution in [-0.4, -0.2) is 31.0 Å². The van der Waals surface area contributed by atoms with Gasteiger partial charge in [-0.05, 0) is 40.8 Å². The first-order chi connectivity index (χ1) is 20.8. The number of benzene rings is 4. The average molecular weight is 590 g/mol. The second-order valence-electron chi connectivity index (χ2n) is 10.3. The minimum absolute atomic E-state index is 0.00261. The SMILES string of the molecule is O=C(OCc1ccccc1)c1ccc(N(F)C(=O)C(F)(F)Cc2ccc(C3CCOC3)cc2)cc1OCc1ccccc1. The van der Waals surface area contributed by atoms with E-state index in [2.05, 4.69) is 0 Å². The number of carbonyl (C=O) groups excluding carboxylic acids is 2. The smallest absolute Gasteiger partial charge is 0.342 e. The molecule has 0 aliphatic carbocycles. The van der Waals surface area contributed by atoms with Gasteiger partial charge >= 0.3 is 17.8 Å². The topological polar surface area (TPSA) is 65.1 Å². The number of amides is 1. The summed E-state index contributed by atoms with van der Waals surface area (Å²) < 4.78 is 61.9. The lowest BCUT2D eigenvalue weighted by molar-refractivity contribution is -0.145. The van der Waals surface area contributed by atoms with E-state index in [1.165, 1.54) is 18.2 Å². The first-order valence-corrected chi connectivity index (χ1v) is 13.9. The molecule has 0 spiro atoms. The van der Waals surface area contributed by atoms with Crippen molar-refractivity contribution in [3.05, 3.63) is 131 Å². The van der Waals surface area contributed by atoms with Gasteiger partial charge in [-0.3, -0.25) is 4.79 Å². The second kappa shape index (κ2) is 13.6. The van der Waals surface area contributed by atoms with E-state index in [9.17, 15) is 9.59 Å². The Kier molecular flexibility index (Phi) is 9.41. The van der Waals surface area contributed by atoms with Crippen molar-refractivity contribution in [3.8, 4) is 5.75 Å². The molecule has 1 unspecified atom stereocenters. The molecule has 6 nitrogen and oxygen atoms in total. The molecule has 1 saturated heterocycles. The molecular formula is C34H30F3NO5. The predicted octanol–water partition coefficient (Wildman–Crippen LogP) is 7.22. The van der Waals surface area contributed by atoms with Gasteiger partial charge in [0.2, 0.25) is 0 Å². The summed E-state index contributed by atoms with van der Waals surface area (Å²) in [6.45, 7) is 1.21. The summed E-state index contributed by atoms with van der Waals surface area (Å²) in [6, 6.07) is 27.8. The van der Waals surface area contributed by atoms with Crippen LogP contribution in [0.3, 0.4) is 0 Å². The fourth-order valence-electron chi connectivity index (χ4n) is 4.76. The fourth-order valence-corrected chi connectivity index (χ4v) is 4.76. The lowest BCUT2D eigenvalue weighted by Gasteiger charge is -2.21. The first kappa shape index (κ1) is 29.8. The van der Waals surface area contributed by atoms with Gasteiger partial charge in [-0.1, -0.05) is 89.4 Å². The van der Waals surface area contributed by atoms with Gasteiger partial charge in [0, 0.05) is 25.0 Å². The van der Waals surface area contributed by atoms with E-state index in [1.807, 2.05) is 12.1 Å². The van der Waals surface area contributed by atoms with Gasteiger partial charge in [-0.25, -0.2) is 4.79 Å². The van der Waals surface area contributed by atoms with Crippen molar-refractivity contribution in [1.29, 1.82) is 0 Å². The number of anilines is 1.